The Morgan fingerprint density at radius 3 is 2.50 bits per heavy atom. The molecule has 0 aromatic carbocycles. The highest BCUT2D eigenvalue weighted by Crippen LogP contribution is 2.20. The molecule has 0 fully saturated rings. The van der Waals surface area contributed by atoms with Gasteiger partial charge in [0.2, 0.25) is 0 Å². The van der Waals surface area contributed by atoms with E-state index in [9.17, 15) is 0 Å². The Morgan fingerprint density at radius 2 is 2.40 bits per heavy atom. The van der Waals surface area contributed by atoms with Gasteiger partial charge in [0.25, 0.3) is 0 Å². The Hall–Kier alpha value is -0.380. The minimum absolute atomic E-state index is 0.0880. The summed E-state index contributed by atoms with van der Waals surface area (Å²) >= 11 is 0. The zero-order valence-electron chi connectivity index (χ0n) is 9.09. The molecule has 0 aliphatic rings. The van der Waals surface area contributed by atoms with Crippen molar-refractivity contribution in [3.63, 3.8) is 0 Å². The van der Waals surface area contributed by atoms with E-state index >= 15 is 0 Å². The van der Waals surface area contributed by atoms with Crippen LogP contribution in [0.2, 0.25) is 0 Å². The third-order valence-corrected chi connectivity index (χ3v) is 1.30. The highest BCUT2D eigenvalue weighted by Gasteiger charge is 2.25. The maximum atomic E-state index is 9.11. The summed E-state index contributed by atoms with van der Waals surface area (Å²) in [5.74, 6) is 0. The van der Waals surface area contributed by atoms with Crippen LogP contribution in [0, 0.1) is 0 Å². The lowest BCUT2D eigenvalue weighted by Crippen LogP contribution is -2.30. The Balaban J connectivity index is 4.96. The average molecular weight is 149 g/mol. The zero-order valence-corrected chi connectivity index (χ0v) is 6.09. The molecule has 0 aromatic rings. The summed E-state index contributed by atoms with van der Waals surface area (Å²) < 4.78 is 21.3. The van der Waals surface area contributed by atoms with Crippen molar-refractivity contribution in [1.29, 1.82) is 0 Å². The molecular formula is C7H14O3. The van der Waals surface area contributed by atoms with E-state index in [1.165, 1.54) is 6.92 Å². The van der Waals surface area contributed by atoms with Crippen molar-refractivity contribution in [3.05, 3.63) is 12.2 Å². The minimum Gasteiger partial charge on any atom is -0.389 e. The summed E-state index contributed by atoms with van der Waals surface area (Å²) in [6, 6.07) is 0. The van der Waals surface area contributed by atoms with Crippen molar-refractivity contribution in [1.82, 2.24) is 0 Å². The molecule has 0 rings (SSSR count). The fourth-order valence-corrected chi connectivity index (χ4v) is 0.457. The quantitative estimate of drug-likeness (QED) is 0.360. The Morgan fingerprint density at radius 1 is 1.90 bits per heavy atom. The largest absolute Gasteiger partial charge is 0.389 e. The molecule has 0 heterocycles. The van der Waals surface area contributed by atoms with Crippen molar-refractivity contribution in [2.24, 2.45) is 0 Å². The van der Waals surface area contributed by atoms with Crippen LogP contribution in [-0.2, 0) is 4.89 Å². The van der Waals surface area contributed by atoms with Crippen molar-refractivity contribution in [3.8, 4) is 0 Å². The second-order valence-corrected chi connectivity index (χ2v) is 2.33. The molecule has 3 nitrogen and oxygen atoms in total. The fraction of sp³-hybridized carbons (Fsp3) is 0.714. The third-order valence-electron chi connectivity index (χ3n) is 1.30. The average Bonchev–Trinajstić information content (AvgIpc) is 1.99. The first-order valence-electron chi connectivity index (χ1n) is 4.36. The molecule has 0 aliphatic heterocycles. The molecule has 10 heavy (non-hydrogen) atoms. The molecule has 60 valence electrons. The molecule has 0 amide bonds. The highest BCUT2D eigenvalue weighted by atomic mass is 17.1. The molecule has 0 saturated heterocycles. The van der Waals surface area contributed by atoms with Crippen LogP contribution >= 0.6 is 0 Å². The molecule has 0 saturated carbocycles. The van der Waals surface area contributed by atoms with Crippen LogP contribution in [0.5, 0.6) is 0 Å². The van der Waals surface area contributed by atoms with Crippen molar-refractivity contribution >= 4 is 0 Å². The van der Waals surface area contributed by atoms with E-state index in [1.807, 2.05) is 0 Å². The second kappa shape index (κ2) is 3.14. The maximum Gasteiger partial charge on any atom is 0.121 e. The van der Waals surface area contributed by atoms with E-state index in [4.69, 9.17) is 14.5 Å². The Kier molecular flexibility index (Phi) is 1.66. The molecule has 0 spiro atoms. The lowest BCUT2D eigenvalue weighted by molar-refractivity contribution is -0.302. The van der Waals surface area contributed by atoms with Gasteiger partial charge in [-0.3, -0.25) is 5.26 Å². The van der Waals surface area contributed by atoms with E-state index in [0.29, 0.717) is 0 Å². The number of aliphatic hydroxyl groups excluding tert-OH is 1. The molecule has 3 heteroatoms. The van der Waals surface area contributed by atoms with Crippen LogP contribution in [-0.4, -0.2) is 22.1 Å². The first kappa shape index (κ1) is 5.29. The highest BCUT2D eigenvalue weighted by molar-refractivity contribution is 5.12. The van der Waals surface area contributed by atoms with E-state index < -0.39 is 18.6 Å². The molecule has 2 N–H and O–H groups in total. The van der Waals surface area contributed by atoms with Gasteiger partial charge in [0.05, 0.1) is 6.10 Å². The summed E-state index contributed by atoms with van der Waals surface area (Å²) in [4.78, 5) is 3.90. The van der Waals surface area contributed by atoms with Gasteiger partial charge in [-0.05, 0) is 26.3 Å². The lowest BCUT2D eigenvalue weighted by atomic mass is 9.96. The zero-order chi connectivity index (χ0) is 10.9. The first-order valence-corrected chi connectivity index (χ1v) is 2.86. The number of rotatable bonds is 3. The molecule has 0 aliphatic carbocycles. The lowest BCUT2D eigenvalue weighted by Gasteiger charge is -2.24. The van der Waals surface area contributed by atoms with Crippen LogP contribution in [0.25, 0.3) is 0 Å². The third kappa shape index (κ3) is 2.10. The van der Waals surface area contributed by atoms with Crippen molar-refractivity contribution in [2.45, 2.75) is 32.4 Å². The van der Waals surface area contributed by atoms with Crippen LogP contribution in [0.1, 0.15) is 24.8 Å². The van der Waals surface area contributed by atoms with Crippen LogP contribution < -0.4 is 0 Å². The summed E-state index contributed by atoms with van der Waals surface area (Å²) in [5.41, 5.74) is -2.02. The smallest absolute Gasteiger partial charge is 0.121 e. The van der Waals surface area contributed by atoms with Crippen LogP contribution in [0.3, 0.4) is 0 Å². The molecule has 2 unspecified atom stereocenters. The first-order chi connectivity index (χ1) is 5.66. The van der Waals surface area contributed by atoms with Crippen molar-refractivity contribution in [2.75, 3.05) is 0 Å². The van der Waals surface area contributed by atoms with Gasteiger partial charge in [-0.1, -0.05) is 6.58 Å². The number of hydrogen-bond acceptors (Lipinski definition) is 3. The van der Waals surface area contributed by atoms with E-state index in [0.717, 1.165) is 6.92 Å². The van der Waals surface area contributed by atoms with Crippen LogP contribution in [0.15, 0.2) is 12.2 Å². The maximum absolute atomic E-state index is 9.11. The van der Waals surface area contributed by atoms with Gasteiger partial charge in [-0.2, -0.15) is 0 Å². The normalized spacial score (nSPS) is 25.4. The molecule has 2 atom stereocenters. The van der Waals surface area contributed by atoms with E-state index in [2.05, 4.69) is 11.5 Å². The Bertz CT molecular complexity index is 200. The van der Waals surface area contributed by atoms with Gasteiger partial charge in [-0.25, -0.2) is 4.89 Å². The SMILES string of the molecule is [2H]C([2H])([2H])C(C)(OO)C(=C)C(C)O. The molecular weight excluding hydrogens is 132 g/mol. The van der Waals surface area contributed by atoms with Gasteiger partial charge in [0.1, 0.15) is 5.60 Å². The summed E-state index contributed by atoms with van der Waals surface area (Å²) in [7, 11) is 0. The van der Waals surface area contributed by atoms with E-state index in [-0.39, 0.29) is 5.57 Å². The molecule has 0 bridgehead atoms. The number of hydrogen-bond donors (Lipinski definition) is 2. The fourth-order valence-electron chi connectivity index (χ4n) is 0.457. The van der Waals surface area contributed by atoms with Crippen molar-refractivity contribution < 1.29 is 19.4 Å². The predicted octanol–water partition coefficient (Wildman–Crippen LogP) is 1.19. The van der Waals surface area contributed by atoms with Gasteiger partial charge < -0.3 is 5.11 Å². The van der Waals surface area contributed by atoms with Crippen LogP contribution in [0.4, 0.5) is 0 Å². The number of aliphatic hydroxyl groups is 1. The van der Waals surface area contributed by atoms with Gasteiger partial charge >= 0.3 is 0 Å². The standard InChI is InChI=1S/C7H14O3/c1-5(6(2)8)7(3,4)10-9/h6,8-9H,1H2,2-4H3/i3D3. The van der Waals surface area contributed by atoms with Gasteiger partial charge in [-0.15, -0.1) is 0 Å². The second-order valence-electron chi connectivity index (χ2n) is 2.33. The Labute approximate surface area is 65.1 Å². The molecule has 0 aromatic heterocycles. The van der Waals surface area contributed by atoms with Gasteiger partial charge in [0.15, 0.2) is 0 Å². The predicted molar refractivity (Wildman–Crippen MR) is 38.6 cm³/mol. The monoisotopic (exact) mass is 149 g/mol. The summed E-state index contributed by atoms with van der Waals surface area (Å²) in [5, 5.41) is 17.6. The van der Waals surface area contributed by atoms with E-state index in [1.54, 1.807) is 0 Å². The molecule has 0 radical (unpaired) electrons. The summed E-state index contributed by atoms with van der Waals surface area (Å²) in [6.07, 6.45) is -1.06. The summed E-state index contributed by atoms with van der Waals surface area (Å²) in [6.45, 7) is 3.30. The van der Waals surface area contributed by atoms with Gasteiger partial charge in [0, 0.05) is 4.11 Å². The topological polar surface area (TPSA) is 49.7 Å². The minimum atomic E-state index is -2.57.